The molecule has 2 aromatic rings. The molecule has 1 saturated heterocycles. The lowest BCUT2D eigenvalue weighted by atomic mass is 10.1. The Morgan fingerprint density at radius 2 is 1.83 bits per heavy atom. The number of carbonyl (C=O) groups excluding carboxylic acids is 1. The predicted molar refractivity (Wildman–Crippen MR) is 115 cm³/mol. The van der Waals surface area contributed by atoms with E-state index in [0.29, 0.717) is 24.4 Å². The Balaban J connectivity index is 1.59. The van der Waals surface area contributed by atoms with Gasteiger partial charge >= 0.3 is 0 Å². The topological polar surface area (TPSA) is 75.7 Å². The maximum atomic E-state index is 12.7. The first-order chi connectivity index (χ1) is 13.8. The molecule has 2 aromatic carbocycles. The fraction of sp³-hybridized carbons (Fsp3) is 0.381. The SMILES string of the molecule is Cc1cc(S(=O)(=O)N2CCCC2)ccc1OCC(=O)NC(C)c1ccc(Br)cc1. The first kappa shape index (κ1) is 21.8. The van der Waals surface area contributed by atoms with Gasteiger partial charge in [-0.15, -0.1) is 0 Å². The minimum atomic E-state index is -3.46. The molecule has 1 unspecified atom stereocenters. The normalized spacial score (nSPS) is 15.8. The van der Waals surface area contributed by atoms with Crippen molar-refractivity contribution < 1.29 is 17.9 Å². The van der Waals surface area contributed by atoms with Crippen molar-refractivity contribution in [2.45, 2.75) is 37.6 Å². The Kier molecular flexibility index (Phi) is 6.97. The van der Waals surface area contributed by atoms with Crippen LogP contribution in [0, 0.1) is 6.92 Å². The summed E-state index contributed by atoms with van der Waals surface area (Å²) in [5.74, 6) is 0.255. The Morgan fingerprint density at radius 1 is 1.17 bits per heavy atom. The number of aryl methyl sites for hydroxylation is 1. The Labute approximate surface area is 180 Å². The first-order valence-electron chi connectivity index (χ1n) is 9.56. The highest BCUT2D eigenvalue weighted by atomic mass is 79.9. The van der Waals surface area contributed by atoms with Gasteiger partial charge in [-0.3, -0.25) is 4.79 Å². The highest BCUT2D eigenvalue weighted by Gasteiger charge is 2.27. The molecule has 1 atom stereocenters. The number of sulfonamides is 1. The third-order valence-corrected chi connectivity index (χ3v) is 7.38. The number of hydrogen-bond donors (Lipinski definition) is 1. The van der Waals surface area contributed by atoms with Crippen LogP contribution in [0.4, 0.5) is 0 Å². The zero-order chi connectivity index (χ0) is 21.0. The lowest BCUT2D eigenvalue weighted by Crippen LogP contribution is -2.31. The van der Waals surface area contributed by atoms with E-state index in [1.54, 1.807) is 25.1 Å². The maximum Gasteiger partial charge on any atom is 0.258 e. The van der Waals surface area contributed by atoms with E-state index in [1.165, 1.54) is 4.31 Å². The van der Waals surface area contributed by atoms with Gasteiger partial charge in [0.2, 0.25) is 10.0 Å². The Bertz CT molecular complexity index is 971. The van der Waals surface area contributed by atoms with Crippen LogP contribution in [-0.4, -0.2) is 38.3 Å². The lowest BCUT2D eigenvalue weighted by molar-refractivity contribution is -0.123. The van der Waals surface area contributed by atoms with Crippen LogP contribution in [0.3, 0.4) is 0 Å². The van der Waals surface area contributed by atoms with Crippen LogP contribution >= 0.6 is 15.9 Å². The number of amides is 1. The van der Waals surface area contributed by atoms with Crippen molar-refractivity contribution in [1.29, 1.82) is 0 Å². The molecule has 8 heteroatoms. The van der Waals surface area contributed by atoms with Gasteiger partial charge in [0, 0.05) is 17.6 Å². The van der Waals surface area contributed by atoms with Crippen molar-refractivity contribution in [2.75, 3.05) is 19.7 Å². The highest BCUT2D eigenvalue weighted by Crippen LogP contribution is 2.26. The van der Waals surface area contributed by atoms with Gasteiger partial charge in [0.15, 0.2) is 6.61 Å². The summed E-state index contributed by atoms with van der Waals surface area (Å²) in [7, 11) is -3.46. The number of benzene rings is 2. The molecule has 0 saturated carbocycles. The van der Waals surface area contributed by atoms with E-state index >= 15 is 0 Å². The number of carbonyl (C=O) groups is 1. The summed E-state index contributed by atoms with van der Waals surface area (Å²) in [5, 5.41) is 2.90. The molecule has 3 rings (SSSR count). The molecule has 6 nitrogen and oxygen atoms in total. The van der Waals surface area contributed by atoms with Crippen molar-refractivity contribution >= 4 is 31.9 Å². The van der Waals surface area contributed by atoms with Crippen LogP contribution in [0.1, 0.15) is 36.9 Å². The number of nitrogens with one attached hydrogen (secondary N) is 1. The molecule has 0 spiro atoms. The van der Waals surface area contributed by atoms with E-state index in [1.807, 2.05) is 31.2 Å². The molecule has 0 aliphatic carbocycles. The van der Waals surface area contributed by atoms with E-state index in [9.17, 15) is 13.2 Å². The van der Waals surface area contributed by atoms with Gasteiger partial charge in [-0.05, 0) is 68.1 Å². The molecule has 0 radical (unpaired) electrons. The van der Waals surface area contributed by atoms with Gasteiger partial charge in [-0.1, -0.05) is 28.1 Å². The molecular formula is C21H25BrN2O4S. The number of ether oxygens (including phenoxy) is 1. The van der Waals surface area contributed by atoms with Gasteiger partial charge in [-0.2, -0.15) is 4.31 Å². The van der Waals surface area contributed by atoms with Gasteiger partial charge in [0.1, 0.15) is 5.75 Å². The van der Waals surface area contributed by atoms with Crippen LogP contribution in [-0.2, 0) is 14.8 Å². The second kappa shape index (κ2) is 9.28. The lowest BCUT2D eigenvalue weighted by Gasteiger charge is -2.17. The first-order valence-corrected chi connectivity index (χ1v) is 11.8. The second-order valence-electron chi connectivity index (χ2n) is 7.17. The van der Waals surface area contributed by atoms with Crippen molar-refractivity contribution in [3.8, 4) is 5.75 Å². The minimum Gasteiger partial charge on any atom is -0.484 e. The van der Waals surface area contributed by atoms with E-state index in [0.717, 1.165) is 22.9 Å². The van der Waals surface area contributed by atoms with Crippen molar-refractivity contribution in [1.82, 2.24) is 9.62 Å². The van der Waals surface area contributed by atoms with Crippen LogP contribution < -0.4 is 10.1 Å². The summed E-state index contributed by atoms with van der Waals surface area (Å²) in [4.78, 5) is 12.5. The van der Waals surface area contributed by atoms with Crippen molar-refractivity contribution in [3.05, 3.63) is 58.1 Å². The third-order valence-electron chi connectivity index (χ3n) is 4.96. The summed E-state index contributed by atoms with van der Waals surface area (Å²) in [6.07, 6.45) is 1.79. The monoisotopic (exact) mass is 480 g/mol. The summed E-state index contributed by atoms with van der Waals surface area (Å²) in [5.41, 5.74) is 1.67. The average Bonchev–Trinajstić information content (AvgIpc) is 3.23. The van der Waals surface area contributed by atoms with Crippen LogP contribution in [0.5, 0.6) is 5.75 Å². The largest absolute Gasteiger partial charge is 0.484 e. The molecular weight excluding hydrogens is 456 g/mol. The molecule has 1 aliphatic rings. The molecule has 1 amide bonds. The molecule has 1 fully saturated rings. The quantitative estimate of drug-likeness (QED) is 0.653. The third kappa shape index (κ3) is 5.38. The zero-order valence-corrected chi connectivity index (χ0v) is 18.9. The smallest absolute Gasteiger partial charge is 0.258 e. The number of halogens is 1. The Hall–Kier alpha value is -1.90. The minimum absolute atomic E-state index is 0.139. The van der Waals surface area contributed by atoms with Crippen LogP contribution in [0.25, 0.3) is 0 Å². The molecule has 1 N–H and O–H groups in total. The molecule has 1 heterocycles. The zero-order valence-electron chi connectivity index (χ0n) is 16.5. The number of rotatable bonds is 7. The molecule has 1 aliphatic heterocycles. The molecule has 0 bridgehead atoms. The van der Waals surface area contributed by atoms with Crippen LogP contribution in [0.15, 0.2) is 51.8 Å². The molecule has 29 heavy (non-hydrogen) atoms. The average molecular weight is 481 g/mol. The van der Waals surface area contributed by atoms with Gasteiger partial charge in [-0.25, -0.2) is 8.42 Å². The molecule has 0 aromatic heterocycles. The predicted octanol–water partition coefficient (Wildman–Crippen LogP) is 3.80. The van der Waals surface area contributed by atoms with E-state index in [2.05, 4.69) is 21.2 Å². The summed E-state index contributed by atoms with van der Waals surface area (Å²) < 4.78 is 33.4. The highest BCUT2D eigenvalue weighted by molar-refractivity contribution is 9.10. The van der Waals surface area contributed by atoms with Crippen molar-refractivity contribution in [2.24, 2.45) is 0 Å². The van der Waals surface area contributed by atoms with Gasteiger partial charge in [0.25, 0.3) is 5.91 Å². The summed E-state index contributed by atoms with van der Waals surface area (Å²) in [6, 6.07) is 12.4. The second-order valence-corrected chi connectivity index (χ2v) is 10.0. The van der Waals surface area contributed by atoms with E-state index in [-0.39, 0.29) is 23.5 Å². The number of hydrogen-bond acceptors (Lipinski definition) is 4. The van der Waals surface area contributed by atoms with Gasteiger partial charge < -0.3 is 10.1 Å². The number of nitrogens with zero attached hydrogens (tertiary/aromatic N) is 1. The summed E-state index contributed by atoms with van der Waals surface area (Å²) in [6.45, 7) is 4.68. The van der Waals surface area contributed by atoms with E-state index in [4.69, 9.17) is 4.74 Å². The molecule has 156 valence electrons. The fourth-order valence-electron chi connectivity index (χ4n) is 3.28. The van der Waals surface area contributed by atoms with Gasteiger partial charge in [0.05, 0.1) is 10.9 Å². The maximum absolute atomic E-state index is 12.7. The Morgan fingerprint density at radius 3 is 2.45 bits per heavy atom. The summed E-state index contributed by atoms with van der Waals surface area (Å²) >= 11 is 3.39. The standard InChI is InChI=1S/C21H25BrN2O4S/c1-15-13-19(29(26,27)24-11-3-4-12-24)9-10-20(15)28-14-21(25)23-16(2)17-5-7-18(22)8-6-17/h5-10,13,16H,3-4,11-12,14H2,1-2H3,(H,23,25). The fourth-order valence-corrected chi connectivity index (χ4v) is 5.15. The van der Waals surface area contributed by atoms with Crippen molar-refractivity contribution in [3.63, 3.8) is 0 Å². The van der Waals surface area contributed by atoms with E-state index < -0.39 is 10.0 Å². The van der Waals surface area contributed by atoms with Crippen LogP contribution in [0.2, 0.25) is 0 Å².